The molecule has 0 saturated carbocycles. The average Bonchev–Trinajstić information content (AvgIpc) is 2.35. The van der Waals surface area contributed by atoms with Crippen molar-refractivity contribution in [3.05, 3.63) is 35.9 Å². The van der Waals surface area contributed by atoms with Crippen LogP contribution in [0.3, 0.4) is 0 Å². The van der Waals surface area contributed by atoms with Crippen LogP contribution >= 0.6 is 0 Å². The van der Waals surface area contributed by atoms with Gasteiger partial charge in [0.2, 0.25) is 5.91 Å². The average molecular weight is 239 g/mol. The Bertz CT molecular complexity index is 394. The number of carboxylic acids is 1. The molecule has 0 aromatic heterocycles. The fourth-order valence-electron chi connectivity index (χ4n) is 1.36. The van der Waals surface area contributed by atoms with E-state index in [1.54, 1.807) is 31.2 Å². The van der Waals surface area contributed by atoms with Crippen molar-refractivity contribution in [1.82, 2.24) is 5.32 Å². The van der Waals surface area contributed by atoms with E-state index < -0.39 is 30.5 Å². The van der Waals surface area contributed by atoms with Crippen molar-refractivity contribution in [1.29, 1.82) is 0 Å². The zero-order valence-electron chi connectivity index (χ0n) is 9.39. The molecular weight excluding hydrogens is 225 g/mol. The molecule has 0 heterocycles. The number of hydrogen-bond donors (Lipinski definition) is 2. The lowest BCUT2D eigenvalue weighted by Gasteiger charge is -2.15. The molecule has 5 heteroatoms. The number of alkyl halides is 1. The van der Waals surface area contributed by atoms with Gasteiger partial charge in [-0.25, -0.2) is 9.18 Å². The molecule has 1 rings (SSSR count). The molecule has 0 spiro atoms. The predicted octanol–water partition coefficient (Wildman–Crippen LogP) is 1.33. The van der Waals surface area contributed by atoms with E-state index in [-0.39, 0.29) is 0 Å². The van der Waals surface area contributed by atoms with Gasteiger partial charge in [0.15, 0.2) is 6.04 Å². The second kappa shape index (κ2) is 5.98. The van der Waals surface area contributed by atoms with Gasteiger partial charge >= 0.3 is 5.97 Å². The van der Waals surface area contributed by atoms with Crippen LogP contribution < -0.4 is 5.32 Å². The summed E-state index contributed by atoms with van der Waals surface area (Å²) in [5, 5.41) is 10.8. The number of carboxylic acid groups (broad SMARTS) is 1. The maximum absolute atomic E-state index is 12.3. The Morgan fingerprint density at radius 3 is 2.41 bits per heavy atom. The summed E-state index contributed by atoms with van der Waals surface area (Å²) in [5.74, 6) is -2.38. The van der Waals surface area contributed by atoms with E-state index in [1.165, 1.54) is 0 Å². The molecular formula is C12H14FNO3. The van der Waals surface area contributed by atoms with Gasteiger partial charge in [0.25, 0.3) is 0 Å². The standard InChI is InChI=1S/C12H14FNO3/c1-8(9-5-3-2-4-6-9)11(15)14-10(7-13)12(16)17/h2-6,8,10H,7H2,1H3,(H,14,15)(H,16,17)/t8-,10?/m0/s1. The SMILES string of the molecule is C[C@H](C(=O)NC(CF)C(=O)O)c1ccccc1. The quantitative estimate of drug-likeness (QED) is 0.814. The minimum atomic E-state index is -1.48. The number of hydrogen-bond acceptors (Lipinski definition) is 2. The van der Waals surface area contributed by atoms with Gasteiger partial charge in [-0.2, -0.15) is 0 Å². The van der Waals surface area contributed by atoms with Gasteiger partial charge in [0.1, 0.15) is 6.67 Å². The largest absolute Gasteiger partial charge is 0.480 e. The maximum atomic E-state index is 12.3. The van der Waals surface area contributed by atoms with Crippen LogP contribution in [-0.2, 0) is 9.59 Å². The van der Waals surface area contributed by atoms with Crippen LogP contribution in [0.15, 0.2) is 30.3 Å². The molecule has 17 heavy (non-hydrogen) atoms. The lowest BCUT2D eigenvalue weighted by molar-refractivity contribution is -0.142. The number of carbonyl (C=O) groups is 2. The Morgan fingerprint density at radius 1 is 1.35 bits per heavy atom. The summed E-state index contributed by atoms with van der Waals surface area (Å²) in [6, 6.07) is 7.42. The zero-order valence-corrected chi connectivity index (χ0v) is 9.39. The molecule has 0 fully saturated rings. The first-order valence-corrected chi connectivity index (χ1v) is 5.20. The second-order valence-electron chi connectivity index (χ2n) is 3.69. The van der Waals surface area contributed by atoms with E-state index in [4.69, 9.17) is 5.11 Å². The van der Waals surface area contributed by atoms with Crippen LogP contribution in [0.5, 0.6) is 0 Å². The second-order valence-corrected chi connectivity index (χ2v) is 3.69. The molecule has 2 N–H and O–H groups in total. The van der Waals surface area contributed by atoms with Gasteiger partial charge in [-0.15, -0.1) is 0 Å². The van der Waals surface area contributed by atoms with Crippen molar-refractivity contribution >= 4 is 11.9 Å². The minimum absolute atomic E-state index is 0.499. The Hall–Kier alpha value is -1.91. The lowest BCUT2D eigenvalue weighted by atomic mass is 10.0. The van der Waals surface area contributed by atoms with Gasteiger partial charge in [-0.3, -0.25) is 4.79 Å². The molecule has 1 unspecified atom stereocenters. The molecule has 0 bridgehead atoms. The van der Waals surface area contributed by atoms with Gasteiger partial charge < -0.3 is 10.4 Å². The van der Waals surface area contributed by atoms with Crippen molar-refractivity contribution in [2.24, 2.45) is 0 Å². The van der Waals surface area contributed by atoms with Crippen LogP contribution in [0.1, 0.15) is 18.4 Å². The monoisotopic (exact) mass is 239 g/mol. The Kier molecular flexibility index (Phi) is 4.63. The zero-order chi connectivity index (χ0) is 12.8. The maximum Gasteiger partial charge on any atom is 0.328 e. The van der Waals surface area contributed by atoms with E-state index in [0.29, 0.717) is 0 Å². The highest BCUT2D eigenvalue weighted by Gasteiger charge is 2.23. The van der Waals surface area contributed by atoms with Crippen molar-refractivity contribution in [2.75, 3.05) is 6.67 Å². The number of carbonyl (C=O) groups excluding carboxylic acids is 1. The molecule has 1 aromatic rings. The van der Waals surface area contributed by atoms with Crippen LogP contribution in [0.4, 0.5) is 4.39 Å². The van der Waals surface area contributed by atoms with E-state index in [1.807, 2.05) is 6.07 Å². The predicted molar refractivity (Wildman–Crippen MR) is 60.4 cm³/mol. The normalized spacial score (nSPS) is 13.8. The Labute approximate surface area is 98.5 Å². The molecule has 0 aliphatic carbocycles. The molecule has 2 atom stereocenters. The first kappa shape index (κ1) is 13.2. The topological polar surface area (TPSA) is 66.4 Å². The van der Waals surface area contributed by atoms with E-state index in [0.717, 1.165) is 5.56 Å². The Balaban J connectivity index is 2.68. The van der Waals surface area contributed by atoms with Gasteiger partial charge in [-0.05, 0) is 12.5 Å². The molecule has 0 radical (unpaired) electrons. The van der Waals surface area contributed by atoms with Crippen molar-refractivity contribution < 1.29 is 19.1 Å². The molecule has 0 saturated heterocycles. The number of rotatable bonds is 5. The van der Waals surface area contributed by atoms with E-state index in [2.05, 4.69) is 5.32 Å². The first-order valence-electron chi connectivity index (χ1n) is 5.20. The third-order valence-corrected chi connectivity index (χ3v) is 2.46. The van der Waals surface area contributed by atoms with Gasteiger partial charge in [0.05, 0.1) is 5.92 Å². The molecule has 1 aromatic carbocycles. The fourth-order valence-corrected chi connectivity index (χ4v) is 1.36. The summed E-state index contributed by atoms with van der Waals surface area (Å²) in [6.07, 6.45) is 0. The fraction of sp³-hybridized carbons (Fsp3) is 0.333. The van der Waals surface area contributed by atoms with E-state index >= 15 is 0 Å². The molecule has 4 nitrogen and oxygen atoms in total. The smallest absolute Gasteiger partial charge is 0.328 e. The summed E-state index contributed by atoms with van der Waals surface area (Å²) in [7, 11) is 0. The summed E-state index contributed by atoms with van der Waals surface area (Å²) in [6.45, 7) is 0.518. The summed E-state index contributed by atoms with van der Waals surface area (Å²) in [4.78, 5) is 22.2. The number of halogens is 1. The summed E-state index contributed by atoms with van der Waals surface area (Å²) < 4.78 is 12.3. The third-order valence-electron chi connectivity index (χ3n) is 2.46. The highest BCUT2D eigenvalue weighted by molar-refractivity contribution is 5.87. The molecule has 0 aliphatic rings. The highest BCUT2D eigenvalue weighted by Crippen LogP contribution is 2.14. The highest BCUT2D eigenvalue weighted by atomic mass is 19.1. The van der Waals surface area contributed by atoms with Gasteiger partial charge in [0, 0.05) is 0 Å². The van der Waals surface area contributed by atoms with Crippen molar-refractivity contribution in [3.8, 4) is 0 Å². The van der Waals surface area contributed by atoms with Crippen LogP contribution in [-0.4, -0.2) is 29.7 Å². The number of aliphatic carboxylic acids is 1. The van der Waals surface area contributed by atoms with Crippen molar-refractivity contribution in [3.63, 3.8) is 0 Å². The van der Waals surface area contributed by atoms with Gasteiger partial charge in [-0.1, -0.05) is 30.3 Å². The first-order chi connectivity index (χ1) is 8.06. The molecule has 0 aliphatic heterocycles. The molecule has 1 amide bonds. The Morgan fingerprint density at radius 2 is 1.94 bits per heavy atom. The minimum Gasteiger partial charge on any atom is -0.480 e. The van der Waals surface area contributed by atoms with E-state index in [9.17, 15) is 14.0 Å². The van der Waals surface area contributed by atoms with Crippen LogP contribution in [0, 0.1) is 0 Å². The molecule has 92 valence electrons. The third kappa shape index (κ3) is 3.55. The summed E-state index contributed by atoms with van der Waals surface area (Å²) >= 11 is 0. The number of nitrogens with one attached hydrogen (secondary N) is 1. The van der Waals surface area contributed by atoms with Crippen LogP contribution in [0.2, 0.25) is 0 Å². The van der Waals surface area contributed by atoms with Crippen LogP contribution in [0.25, 0.3) is 0 Å². The lowest BCUT2D eigenvalue weighted by Crippen LogP contribution is -2.44. The van der Waals surface area contributed by atoms with Crippen molar-refractivity contribution in [2.45, 2.75) is 18.9 Å². The number of benzene rings is 1. The summed E-state index contributed by atoms with van der Waals surface area (Å²) in [5.41, 5.74) is 0.757. The number of amides is 1.